The minimum Gasteiger partial charge on any atom is -0.385 e. The quantitative estimate of drug-likeness (QED) is 0.314. The largest absolute Gasteiger partial charge is 0.435 e. The smallest absolute Gasteiger partial charge is 0.385 e. The minimum absolute atomic E-state index is 0.0778. The van der Waals surface area contributed by atoms with Crippen molar-refractivity contribution in [2.75, 3.05) is 17.6 Å². The van der Waals surface area contributed by atoms with Crippen LogP contribution in [-0.4, -0.2) is 32.2 Å². The number of aromatic amines is 1. The first-order chi connectivity index (χ1) is 16.1. The number of nitrogens with zero attached hydrogens (tertiary/aromatic N) is 3. The molecule has 0 aliphatic carbocycles. The molecule has 0 spiro atoms. The van der Waals surface area contributed by atoms with Gasteiger partial charge in [-0.3, -0.25) is 9.78 Å². The number of amides is 1. The Hall–Kier alpha value is -4.35. The van der Waals surface area contributed by atoms with E-state index in [1.165, 1.54) is 36.7 Å². The van der Waals surface area contributed by atoms with Crippen LogP contribution in [0.1, 0.15) is 34.1 Å². The Morgan fingerprint density at radius 2 is 2.03 bits per heavy atom. The summed E-state index contributed by atoms with van der Waals surface area (Å²) in [5.41, 5.74) is 12.1. The first-order valence-electron chi connectivity index (χ1n) is 10.0. The summed E-state index contributed by atoms with van der Waals surface area (Å²) >= 11 is 0. The maximum atomic E-state index is 14.5. The van der Waals surface area contributed by atoms with Gasteiger partial charge in [0.15, 0.2) is 5.69 Å². The number of carbonyl (C=O) groups is 1. The highest BCUT2D eigenvalue weighted by Crippen LogP contribution is 2.37. The van der Waals surface area contributed by atoms with Gasteiger partial charge in [0.1, 0.15) is 11.6 Å². The van der Waals surface area contributed by atoms with E-state index in [0.717, 1.165) is 16.9 Å². The molecular weight excluding hydrogens is 454 g/mol. The van der Waals surface area contributed by atoms with Crippen LogP contribution in [-0.2, 0) is 6.18 Å². The number of rotatable bonds is 6. The minimum atomic E-state index is -4.68. The highest BCUT2D eigenvalue weighted by Gasteiger charge is 2.34. The van der Waals surface area contributed by atoms with Crippen molar-refractivity contribution in [3.05, 3.63) is 71.1 Å². The summed E-state index contributed by atoms with van der Waals surface area (Å²) in [6.07, 6.45) is 0.509. The number of nitrogens with one attached hydrogen (secondary N) is 2. The molecule has 176 valence electrons. The first kappa shape index (κ1) is 22.8. The molecule has 1 aromatic carbocycles. The van der Waals surface area contributed by atoms with Crippen molar-refractivity contribution in [1.29, 1.82) is 0 Å². The van der Waals surface area contributed by atoms with Crippen LogP contribution in [0.3, 0.4) is 0 Å². The zero-order chi connectivity index (χ0) is 24.6. The third-order valence-corrected chi connectivity index (χ3v) is 5.00. The number of nitrogen functional groups attached to an aromatic ring is 1. The zero-order valence-electron chi connectivity index (χ0n) is 17.7. The van der Waals surface area contributed by atoms with Gasteiger partial charge >= 0.3 is 6.18 Å². The monoisotopic (exact) mass is 473 g/mol. The van der Waals surface area contributed by atoms with E-state index in [0.29, 0.717) is 28.7 Å². The number of hydrogen-bond donors (Lipinski definition) is 4. The van der Waals surface area contributed by atoms with E-state index in [4.69, 9.17) is 11.5 Å². The Balaban J connectivity index is 2.00. The Labute approximate surface area is 190 Å². The van der Waals surface area contributed by atoms with Crippen LogP contribution < -0.4 is 16.8 Å². The lowest BCUT2D eigenvalue weighted by molar-refractivity contribution is -0.141. The number of pyridine rings is 1. The Kier molecular flexibility index (Phi) is 5.73. The number of carbonyl (C=O) groups excluding carboxylic acids is 1. The molecule has 0 fully saturated rings. The molecule has 3 heterocycles. The van der Waals surface area contributed by atoms with Gasteiger partial charge in [-0.1, -0.05) is 0 Å². The second-order valence-electron chi connectivity index (χ2n) is 7.36. The van der Waals surface area contributed by atoms with E-state index >= 15 is 0 Å². The van der Waals surface area contributed by atoms with Crippen LogP contribution in [0.25, 0.3) is 22.7 Å². The molecule has 0 saturated heterocycles. The van der Waals surface area contributed by atoms with Crippen molar-refractivity contribution in [1.82, 2.24) is 19.7 Å². The molecule has 0 bridgehead atoms. The van der Waals surface area contributed by atoms with Crippen LogP contribution >= 0.6 is 0 Å². The molecule has 0 unspecified atom stereocenters. The normalized spacial score (nSPS) is 12.3. The van der Waals surface area contributed by atoms with Crippen LogP contribution in [0.4, 0.5) is 29.1 Å². The fourth-order valence-electron chi connectivity index (χ4n) is 3.58. The van der Waals surface area contributed by atoms with Crippen molar-refractivity contribution in [3.8, 4) is 0 Å². The van der Waals surface area contributed by atoms with Crippen molar-refractivity contribution in [2.24, 2.45) is 5.73 Å². The van der Waals surface area contributed by atoms with Gasteiger partial charge in [0, 0.05) is 36.1 Å². The van der Waals surface area contributed by atoms with Gasteiger partial charge in [-0.05, 0) is 42.8 Å². The van der Waals surface area contributed by atoms with E-state index in [1.807, 2.05) is 6.92 Å². The molecule has 0 atom stereocenters. The summed E-state index contributed by atoms with van der Waals surface area (Å²) in [5.74, 6) is -1.22. The second-order valence-corrected chi connectivity index (χ2v) is 7.36. The zero-order valence-corrected chi connectivity index (χ0v) is 17.7. The molecule has 4 aromatic rings. The molecule has 0 radical (unpaired) electrons. The number of halogens is 4. The molecule has 34 heavy (non-hydrogen) atoms. The number of primary amides is 1. The van der Waals surface area contributed by atoms with Crippen molar-refractivity contribution < 1.29 is 22.4 Å². The number of anilines is 2. The van der Waals surface area contributed by atoms with Gasteiger partial charge in [-0.25, -0.2) is 9.07 Å². The molecule has 0 saturated carbocycles. The van der Waals surface area contributed by atoms with Gasteiger partial charge in [-0.15, -0.1) is 0 Å². The predicted octanol–water partition coefficient (Wildman–Crippen LogP) is 4.08. The fourth-order valence-corrected chi connectivity index (χ4v) is 3.58. The third-order valence-electron chi connectivity index (χ3n) is 5.00. The van der Waals surface area contributed by atoms with E-state index in [-0.39, 0.29) is 22.6 Å². The second kappa shape index (κ2) is 8.54. The number of aromatic nitrogens is 4. The van der Waals surface area contributed by atoms with Gasteiger partial charge in [-0.2, -0.15) is 18.3 Å². The van der Waals surface area contributed by atoms with Crippen molar-refractivity contribution >= 4 is 40.1 Å². The topological polar surface area (TPSA) is 128 Å². The number of nitrogens with two attached hydrogens (primary N) is 2. The van der Waals surface area contributed by atoms with E-state index in [9.17, 15) is 22.4 Å². The molecule has 3 aromatic heterocycles. The number of fused-ring (bicyclic) bond motifs is 1. The number of H-pyrrole nitrogens is 1. The molecule has 12 heteroatoms. The average Bonchev–Trinajstić information content (AvgIpc) is 3.38. The van der Waals surface area contributed by atoms with Crippen LogP contribution in [0.2, 0.25) is 0 Å². The molecule has 0 aliphatic heterocycles. The summed E-state index contributed by atoms with van der Waals surface area (Å²) < 4.78 is 55.2. The Bertz CT molecular complexity index is 1420. The fraction of sp³-hybridized carbons (Fsp3) is 0.136. The lowest BCUT2D eigenvalue weighted by Crippen LogP contribution is -2.11. The molecule has 8 nitrogen and oxygen atoms in total. The van der Waals surface area contributed by atoms with Gasteiger partial charge in [0.05, 0.1) is 22.5 Å². The van der Waals surface area contributed by atoms with Crippen LogP contribution in [0.5, 0.6) is 0 Å². The summed E-state index contributed by atoms with van der Waals surface area (Å²) in [6, 6.07) is 4.73. The van der Waals surface area contributed by atoms with Crippen molar-refractivity contribution in [3.63, 3.8) is 0 Å². The lowest BCUT2D eigenvalue weighted by atomic mass is 10.1. The van der Waals surface area contributed by atoms with E-state index in [1.54, 1.807) is 0 Å². The summed E-state index contributed by atoms with van der Waals surface area (Å²) in [5, 5.41) is 7.00. The van der Waals surface area contributed by atoms with Gasteiger partial charge < -0.3 is 21.8 Å². The highest BCUT2D eigenvalue weighted by molar-refractivity contribution is 6.05. The summed E-state index contributed by atoms with van der Waals surface area (Å²) in [6.45, 7) is 2.32. The lowest BCUT2D eigenvalue weighted by Gasteiger charge is -2.11. The Morgan fingerprint density at radius 1 is 1.26 bits per heavy atom. The van der Waals surface area contributed by atoms with E-state index in [2.05, 4.69) is 20.4 Å². The van der Waals surface area contributed by atoms with Crippen molar-refractivity contribution in [2.45, 2.75) is 13.1 Å². The molecule has 4 rings (SSSR count). The third kappa shape index (κ3) is 4.29. The molecule has 0 aliphatic rings. The molecular formula is C22H19F4N7O. The highest BCUT2D eigenvalue weighted by atomic mass is 19.4. The Morgan fingerprint density at radius 3 is 2.68 bits per heavy atom. The molecule has 6 N–H and O–H groups in total. The van der Waals surface area contributed by atoms with Crippen LogP contribution in [0.15, 0.2) is 42.9 Å². The summed E-state index contributed by atoms with van der Waals surface area (Å²) in [4.78, 5) is 18.5. The standard InChI is InChI=1S/C22H19F4N7O/c1-2-30-15-8-13(23)7-14-18(20(27)31-19(14)15)16(33-4-3-17(32-33)22(24,25)26)6-11-5-12(21(28)34)10-29-9-11/h3-10,30-31H,2,27H2,1H3,(H2,28,34)/b16-6-. The maximum absolute atomic E-state index is 14.5. The average molecular weight is 473 g/mol. The molecule has 1 amide bonds. The number of benzene rings is 1. The summed E-state index contributed by atoms with van der Waals surface area (Å²) in [7, 11) is 0. The van der Waals surface area contributed by atoms with Crippen LogP contribution in [0, 0.1) is 5.82 Å². The SMILES string of the molecule is CCNc1cc(F)cc2c(/C(=C/c3cncc(C(N)=O)c3)n3ccc(C(F)(F)F)n3)c(N)[nH]c12. The van der Waals surface area contributed by atoms with Gasteiger partial charge in [0.2, 0.25) is 5.91 Å². The first-order valence-corrected chi connectivity index (χ1v) is 10.0. The van der Waals surface area contributed by atoms with Gasteiger partial charge in [0.25, 0.3) is 0 Å². The predicted molar refractivity (Wildman–Crippen MR) is 120 cm³/mol. The number of alkyl halides is 3. The van der Waals surface area contributed by atoms with E-state index < -0.39 is 23.6 Å². The number of hydrogen-bond acceptors (Lipinski definition) is 5. The maximum Gasteiger partial charge on any atom is 0.435 e.